The standard InChI is InChI=1S/C19H24N6O/c1-13(26)25-11-7-15-17(12-25)22-18(16-4-2-3-8-21-16)23-19(15)24-9-5-14(20)6-10-24/h2-4,8,14H,5-7,9-12,20H2,1H3. The molecule has 1 fully saturated rings. The van der Waals surface area contributed by atoms with Crippen molar-refractivity contribution in [1.29, 1.82) is 0 Å². The normalized spacial score (nSPS) is 17.9. The molecule has 26 heavy (non-hydrogen) atoms. The number of piperidine rings is 1. The van der Waals surface area contributed by atoms with E-state index in [-0.39, 0.29) is 11.9 Å². The maximum atomic E-state index is 11.8. The summed E-state index contributed by atoms with van der Waals surface area (Å²) in [5, 5.41) is 0. The number of carbonyl (C=O) groups excluding carboxylic acids is 1. The molecule has 1 amide bonds. The Morgan fingerprint density at radius 2 is 2.00 bits per heavy atom. The van der Waals surface area contributed by atoms with Crippen LogP contribution in [0.4, 0.5) is 5.82 Å². The topological polar surface area (TPSA) is 88.2 Å². The van der Waals surface area contributed by atoms with Gasteiger partial charge in [-0.05, 0) is 31.4 Å². The minimum Gasteiger partial charge on any atom is -0.356 e. The summed E-state index contributed by atoms with van der Waals surface area (Å²) >= 11 is 0. The third kappa shape index (κ3) is 3.26. The number of carbonyl (C=O) groups is 1. The molecule has 7 heteroatoms. The van der Waals surface area contributed by atoms with Gasteiger partial charge in [-0.15, -0.1) is 0 Å². The quantitative estimate of drug-likeness (QED) is 0.878. The lowest BCUT2D eigenvalue weighted by Gasteiger charge is -2.35. The number of fused-ring (bicyclic) bond motifs is 1. The lowest BCUT2D eigenvalue weighted by atomic mass is 10.0. The van der Waals surface area contributed by atoms with Gasteiger partial charge in [-0.1, -0.05) is 6.07 Å². The summed E-state index contributed by atoms with van der Waals surface area (Å²) in [7, 11) is 0. The van der Waals surface area contributed by atoms with Crippen molar-refractivity contribution in [2.75, 3.05) is 24.5 Å². The highest BCUT2D eigenvalue weighted by atomic mass is 16.2. The molecule has 2 aliphatic rings. The van der Waals surface area contributed by atoms with Gasteiger partial charge in [0.2, 0.25) is 5.91 Å². The van der Waals surface area contributed by atoms with Crippen molar-refractivity contribution in [1.82, 2.24) is 19.9 Å². The summed E-state index contributed by atoms with van der Waals surface area (Å²) < 4.78 is 0. The van der Waals surface area contributed by atoms with Crippen molar-refractivity contribution in [3.63, 3.8) is 0 Å². The lowest BCUT2D eigenvalue weighted by Crippen LogP contribution is -2.42. The summed E-state index contributed by atoms with van der Waals surface area (Å²) in [6.45, 7) is 4.67. The van der Waals surface area contributed by atoms with Gasteiger partial charge in [0.15, 0.2) is 5.82 Å². The van der Waals surface area contributed by atoms with Crippen LogP contribution in [0.25, 0.3) is 11.5 Å². The summed E-state index contributed by atoms with van der Waals surface area (Å²) in [5.74, 6) is 1.70. The number of pyridine rings is 1. The Balaban J connectivity index is 1.77. The second-order valence-corrected chi connectivity index (χ2v) is 7.03. The van der Waals surface area contributed by atoms with Crippen molar-refractivity contribution in [2.24, 2.45) is 5.73 Å². The second kappa shape index (κ2) is 6.99. The number of amides is 1. The predicted molar refractivity (Wildman–Crippen MR) is 99.5 cm³/mol. The van der Waals surface area contributed by atoms with E-state index in [0.29, 0.717) is 12.4 Å². The number of rotatable bonds is 2. The van der Waals surface area contributed by atoms with Crippen molar-refractivity contribution in [3.8, 4) is 11.5 Å². The van der Waals surface area contributed by atoms with Crippen LogP contribution in [-0.2, 0) is 17.8 Å². The average Bonchev–Trinajstić information content (AvgIpc) is 2.68. The fourth-order valence-corrected chi connectivity index (χ4v) is 3.66. The maximum Gasteiger partial charge on any atom is 0.219 e. The van der Waals surface area contributed by atoms with E-state index in [9.17, 15) is 4.79 Å². The van der Waals surface area contributed by atoms with Crippen molar-refractivity contribution < 1.29 is 4.79 Å². The Morgan fingerprint density at radius 1 is 1.19 bits per heavy atom. The van der Waals surface area contributed by atoms with E-state index in [1.165, 1.54) is 0 Å². The molecular formula is C19H24N6O. The van der Waals surface area contributed by atoms with Gasteiger partial charge >= 0.3 is 0 Å². The Hall–Kier alpha value is -2.54. The molecule has 2 aliphatic heterocycles. The number of nitrogens with two attached hydrogens (primary N) is 1. The Bertz CT molecular complexity index is 801. The SMILES string of the molecule is CC(=O)N1CCc2c(nc(-c3ccccn3)nc2N2CCC(N)CC2)C1. The van der Waals surface area contributed by atoms with Gasteiger partial charge in [-0.3, -0.25) is 9.78 Å². The van der Waals surface area contributed by atoms with Crippen LogP contribution in [-0.4, -0.2) is 51.4 Å². The van der Waals surface area contributed by atoms with E-state index in [2.05, 4.69) is 9.88 Å². The average molecular weight is 352 g/mol. The lowest BCUT2D eigenvalue weighted by molar-refractivity contribution is -0.129. The van der Waals surface area contributed by atoms with Crippen molar-refractivity contribution >= 4 is 11.7 Å². The van der Waals surface area contributed by atoms with Crippen molar-refractivity contribution in [3.05, 3.63) is 35.7 Å². The molecular weight excluding hydrogens is 328 g/mol. The Labute approximate surface area is 153 Å². The molecule has 7 nitrogen and oxygen atoms in total. The zero-order valence-electron chi connectivity index (χ0n) is 15.1. The van der Waals surface area contributed by atoms with Gasteiger partial charge in [-0.25, -0.2) is 9.97 Å². The highest BCUT2D eigenvalue weighted by molar-refractivity contribution is 5.74. The van der Waals surface area contributed by atoms with E-state index in [0.717, 1.165) is 61.7 Å². The fraction of sp³-hybridized carbons (Fsp3) is 0.474. The molecule has 0 bridgehead atoms. The van der Waals surface area contributed by atoms with Crippen LogP contribution in [0.1, 0.15) is 31.0 Å². The van der Waals surface area contributed by atoms with Crippen LogP contribution in [0.2, 0.25) is 0 Å². The van der Waals surface area contributed by atoms with Crippen molar-refractivity contribution in [2.45, 2.75) is 38.8 Å². The highest BCUT2D eigenvalue weighted by Crippen LogP contribution is 2.30. The van der Waals surface area contributed by atoms with Crippen LogP contribution >= 0.6 is 0 Å². The van der Waals surface area contributed by atoms with E-state index in [4.69, 9.17) is 15.7 Å². The number of anilines is 1. The first kappa shape index (κ1) is 16.9. The molecule has 4 rings (SSSR count). The summed E-state index contributed by atoms with van der Waals surface area (Å²) in [6, 6.07) is 6.01. The van der Waals surface area contributed by atoms with Crippen LogP contribution in [0, 0.1) is 0 Å². The summed E-state index contributed by atoms with van der Waals surface area (Å²) in [5.41, 5.74) is 8.93. The van der Waals surface area contributed by atoms with Gasteiger partial charge < -0.3 is 15.5 Å². The van der Waals surface area contributed by atoms with Gasteiger partial charge in [0.05, 0.1) is 12.2 Å². The largest absolute Gasteiger partial charge is 0.356 e. The van der Waals surface area contributed by atoms with Gasteiger partial charge in [-0.2, -0.15) is 0 Å². The fourth-order valence-electron chi connectivity index (χ4n) is 3.66. The minimum absolute atomic E-state index is 0.0825. The van der Waals surface area contributed by atoms with E-state index in [1.54, 1.807) is 13.1 Å². The highest BCUT2D eigenvalue weighted by Gasteiger charge is 2.28. The molecule has 2 N–H and O–H groups in total. The molecule has 136 valence electrons. The van der Waals surface area contributed by atoms with Gasteiger partial charge in [0, 0.05) is 44.4 Å². The summed E-state index contributed by atoms with van der Waals surface area (Å²) in [6.07, 6.45) is 4.48. The molecule has 0 unspecified atom stereocenters. The molecule has 0 saturated carbocycles. The molecule has 0 radical (unpaired) electrons. The molecule has 0 atom stereocenters. The molecule has 0 aromatic carbocycles. The van der Waals surface area contributed by atoms with E-state index < -0.39 is 0 Å². The molecule has 2 aromatic rings. The van der Waals surface area contributed by atoms with Crippen LogP contribution in [0.3, 0.4) is 0 Å². The third-order valence-corrected chi connectivity index (χ3v) is 5.22. The third-order valence-electron chi connectivity index (χ3n) is 5.22. The van der Waals surface area contributed by atoms with E-state index >= 15 is 0 Å². The molecule has 2 aromatic heterocycles. The van der Waals surface area contributed by atoms with Crippen LogP contribution < -0.4 is 10.6 Å². The first-order chi connectivity index (χ1) is 12.6. The smallest absolute Gasteiger partial charge is 0.219 e. The molecule has 0 aliphatic carbocycles. The zero-order valence-corrected chi connectivity index (χ0v) is 15.1. The van der Waals surface area contributed by atoms with Gasteiger partial charge in [0.25, 0.3) is 0 Å². The number of hydrogen-bond donors (Lipinski definition) is 1. The number of nitrogens with zero attached hydrogens (tertiary/aromatic N) is 5. The Morgan fingerprint density at radius 3 is 2.69 bits per heavy atom. The predicted octanol–water partition coefficient (Wildman–Crippen LogP) is 1.37. The zero-order chi connectivity index (χ0) is 18.1. The summed E-state index contributed by atoms with van der Waals surface area (Å²) in [4.78, 5) is 30.0. The maximum absolute atomic E-state index is 11.8. The first-order valence-electron chi connectivity index (χ1n) is 9.19. The first-order valence-corrected chi connectivity index (χ1v) is 9.19. The van der Waals surface area contributed by atoms with Gasteiger partial charge in [0.1, 0.15) is 11.5 Å². The van der Waals surface area contributed by atoms with Crippen LogP contribution in [0.5, 0.6) is 0 Å². The number of hydrogen-bond acceptors (Lipinski definition) is 6. The van der Waals surface area contributed by atoms with E-state index in [1.807, 2.05) is 23.1 Å². The number of aromatic nitrogens is 3. The monoisotopic (exact) mass is 352 g/mol. The van der Waals surface area contributed by atoms with Crippen LogP contribution in [0.15, 0.2) is 24.4 Å². The molecule has 0 spiro atoms. The second-order valence-electron chi connectivity index (χ2n) is 7.03. The molecule has 4 heterocycles. The Kier molecular flexibility index (Phi) is 4.55. The minimum atomic E-state index is 0.0825. The molecule has 1 saturated heterocycles.